The molecule has 3 fully saturated rings. The van der Waals surface area contributed by atoms with Crippen molar-refractivity contribution in [3.05, 3.63) is 83.7 Å². The Hall–Kier alpha value is -5.49. The third-order valence-corrected chi connectivity index (χ3v) is 12.6. The Balaban J connectivity index is 0.969. The van der Waals surface area contributed by atoms with Crippen LogP contribution >= 0.6 is 0 Å². The smallest absolute Gasteiger partial charge is 0.407 e. The zero-order chi connectivity index (χ0) is 40.2. The van der Waals surface area contributed by atoms with Gasteiger partial charge in [0.25, 0.3) is 0 Å². The number of carbonyl (C=O) groups is 3. The molecule has 6 heterocycles. The minimum absolute atomic E-state index is 0.000118. The molecular weight excluding hydrogens is 731 g/mol. The summed E-state index contributed by atoms with van der Waals surface area (Å²) in [4.78, 5) is 59.4. The van der Waals surface area contributed by atoms with Crippen molar-refractivity contribution in [1.29, 1.82) is 0 Å². The molecule has 4 aliphatic heterocycles. The van der Waals surface area contributed by atoms with Gasteiger partial charge in [-0.3, -0.25) is 9.59 Å². The summed E-state index contributed by atoms with van der Waals surface area (Å²) < 4.78 is 11.4. The van der Waals surface area contributed by atoms with Gasteiger partial charge in [0, 0.05) is 30.6 Å². The molecular formula is C46H53N7O5. The average molecular weight is 784 g/mol. The largest absolute Gasteiger partial charge is 0.453 e. The normalized spacial score (nSPS) is 21.7. The summed E-state index contributed by atoms with van der Waals surface area (Å²) in [6.07, 6.45) is 9.33. The number of rotatable bonds is 10. The van der Waals surface area contributed by atoms with Crippen molar-refractivity contribution in [1.82, 2.24) is 35.1 Å². The van der Waals surface area contributed by atoms with Crippen molar-refractivity contribution in [2.75, 3.05) is 20.2 Å². The van der Waals surface area contributed by atoms with Crippen molar-refractivity contribution < 1.29 is 23.9 Å². The number of amides is 3. The van der Waals surface area contributed by atoms with Crippen LogP contribution in [0.25, 0.3) is 44.4 Å². The molecule has 302 valence electrons. The molecule has 2 aromatic heterocycles. The summed E-state index contributed by atoms with van der Waals surface area (Å²) in [5.74, 6) is 1.93. The second-order valence-electron chi connectivity index (χ2n) is 17.2. The zero-order valence-corrected chi connectivity index (χ0v) is 34.0. The van der Waals surface area contributed by atoms with E-state index < -0.39 is 12.1 Å². The van der Waals surface area contributed by atoms with Crippen LogP contribution in [0.2, 0.25) is 0 Å². The molecule has 3 N–H and O–H groups in total. The first-order valence-electron chi connectivity index (χ1n) is 21.0. The minimum Gasteiger partial charge on any atom is -0.453 e. The van der Waals surface area contributed by atoms with E-state index in [9.17, 15) is 14.4 Å². The van der Waals surface area contributed by atoms with Crippen LogP contribution < -0.4 is 5.32 Å². The summed E-state index contributed by atoms with van der Waals surface area (Å²) >= 11 is 0. The van der Waals surface area contributed by atoms with Crippen LogP contribution in [0, 0.1) is 11.8 Å². The highest BCUT2D eigenvalue weighted by molar-refractivity contribution is 5.92. The van der Waals surface area contributed by atoms with Gasteiger partial charge in [0.1, 0.15) is 17.7 Å². The fraction of sp³-hybridized carbons (Fsp3) is 0.457. The molecule has 5 aromatic rings. The number of aromatic nitrogens is 4. The number of imidazole rings is 2. The maximum absolute atomic E-state index is 13.8. The van der Waals surface area contributed by atoms with Crippen molar-refractivity contribution in [2.24, 2.45) is 11.8 Å². The lowest BCUT2D eigenvalue weighted by Crippen LogP contribution is -2.51. The van der Waals surface area contributed by atoms with Gasteiger partial charge in [0.05, 0.1) is 55.2 Å². The first-order chi connectivity index (χ1) is 28.1. The van der Waals surface area contributed by atoms with Gasteiger partial charge in [0.15, 0.2) is 0 Å². The SMILES string of the molecule is COC(=O)N[C@H](C(=O)N1CCCC1c1ncc(-c2ccc(-c3ccc4cc(-c5cnc([C@@H]6CCCN6C(=O)CC(C)C)[nH]5)ccc4c3)c3c2C2CCC3O2)[nH]1)C(C)C. The lowest BCUT2D eigenvalue weighted by molar-refractivity contribution is -0.135. The van der Waals surface area contributed by atoms with E-state index in [4.69, 9.17) is 19.4 Å². The Bertz CT molecular complexity index is 2380. The molecule has 0 saturated carbocycles. The second kappa shape index (κ2) is 15.4. The van der Waals surface area contributed by atoms with E-state index in [1.54, 1.807) is 0 Å². The van der Waals surface area contributed by atoms with Crippen LogP contribution in [0.5, 0.6) is 0 Å². The molecule has 9 rings (SSSR count). The highest BCUT2D eigenvalue weighted by Crippen LogP contribution is 2.56. The number of benzene rings is 3. The monoisotopic (exact) mass is 783 g/mol. The van der Waals surface area contributed by atoms with Gasteiger partial charge in [-0.15, -0.1) is 0 Å². The third kappa shape index (κ3) is 6.84. The lowest BCUT2D eigenvalue weighted by atomic mass is 9.82. The van der Waals surface area contributed by atoms with Crippen LogP contribution in [-0.4, -0.2) is 73.9 Å². The second-order valence-corrected chi connectivity index (χ2v) is 17.2. The zero-order valence-electron chi connectivity index (χ0n) is 34.0. The fourth-order valence-electron chi connectivity index (χ4n) is 9.76. The molecule has 12 heteroatoms. The molecule has 0 radical (unpaired) electrons. The van der Waals surface area contributed by atoms with Gasteiger partial charge in [-0.2, -0.15) is 0 Å². The van der Waals surface area contributed by atoms with Crippen molar-refractivity contribution in [3.8, 4) is 33.6 Å². The molecule has 4 aliphatic rings. The number of methoxy groups -OCH3 is 1. The Morgan fingerprint density at radius 2 is 1.36 bits per heavy atom. The Kier molecular flexibility index (Phi) is 10.1. The molecule has 12 nitrogen and oxygen atoms in total. The number of nitrogens with zero attached hydrogens (tertiary/aromatic N) is 4. The maximum atomic E-state index is 13.8. The third-order valence-electron chi connectivity index (χ3n) is 12.6. The van der Waals surface area contributed by atoms with E-state index >= 15 is 0 Å². The number of aromatic amines is 2. The summed E-state index contributed by atoms with van der Waals surface area (Å²) in [6, 6.07) is 16.7. The van der Waals surface area contributed by atoms with Crippen molar-refractivity contribution >= 4 is 28.7 Å². The van der Waals surface area contributed by atoms with Crippen LogP contribution in [0.15, 0.2) is 60.9 Å². The molecule has 3 unspecified atom stereocenters. The number of H-pyrrole nitrogens is 2. The standard InChI is InChI=1S/C46H53N7O5/c1-25(2)20-39(54)52-18-6-8-35(52)43-47-23-33(49-43)30-13-11-27-21-29(12-10-28(27)22-30)31-14-15-32(41-38-17-16-37(58-38)40(31)41)34-24-48-44(50-34)36-9-7-19-53(36)45(55)42(26(3)4)51-46(56)57-5/h10-15,21-26,35-38,42H,6-9,16-20H2,1-5H3,(H,47,49)(H,48,50)(H,51,56)/t35-,36?,37?,38?,42-/m0/s1. The number of hydrogen-bond acceptors (Lipinski definition) is 7. The fourth-order valence-corrected chi connectivity index (χ4v) is 9.76. The summed E-state index contributed by atoms with van der Waals surface area (Å²) in [6.45, 7) is 9.41. The summed E-state index contributed by atoms with van der Waals surface area (Å²) in [5.41, 5.74) is 8.84. The van der Waals surface area contributed by atoms with Crippen LogP contribution in [0.1, 0.15) is 120 Å². The van der Waals surface area contributed by atoms with E-state index in [0.29, 0.717) is 18.9 Å². The molecule has 3 saturated heterocycles. The Morgan fingerprint density at radius 1 is 0.776 bits per heavy atom. The predicted octanol–water partition coefficient (Wildman–Crippen LogP) is 8.95. The van der Waals surface area contributed by atoms with Gasteiger partial charge in [-0.1, -0.05) is 64.1 Å². The first-order valence-corrected chi connectivity index (χ1v) is 21.0. The van der Waals surface area contributed by atoms with E-state index in [2.05, 4.69) is 77.7 Å². The summed E-state index contributed by atoms with van der Waals surface area (Å²) in [5, 5.41) is 5.03. The van der Waals surface area contributed by atoms with Gasteiger partial charge >= 0.3 is 6.09 Å². The Labute approximate surface area is 339 Å². The average Bonchev–Trinajstić information content (AvgIpc) is 4.08. The lowest BCUT2D eigenvalue weighted by Gasteiger charge is -2.30. The first kappa shape index (κ1) is 38.1. The molecule has 58 heavy (non-hydrogen) atoms. The number of hydrogen-bond donors (Lipinski definition) is 3. The molecule has 2 bridgehead atoms. The highest BCUT2D eigenvalue weighted by Gasteiger charge is 2.43. The molecule has 3 amide bonds. The van der Waals surface area contributed by atoms with E-state index in [0.717, 1.165) is 95.6 Å². The Morgan fingerprint density at radius 3 is 2.03 bits per heavy atom. The van der Waals surface area contributed by atoms with Gasteiger partial charge < -0.3 is 34.6 Å². The number of nitrogens with one attached hydrogen (secondary N) is 3. The molecule has 0 aliphatic carbocycles. The maximum Gasteiger partial charge on any atom is 0.407 e. The van der Waals surface area contributed by atoms with Gasteiger partial charge in [-0.05, 0) is 95.5 Å². The van der Waals surface area contributed by atoms with Crippen molar-refractivity contribution in [2.45, 2.75) is 103 Å². The molecule has 0 spiro atoms. The highest BCUT2D eigenvalue weighted by atomic mass is 16.5. The topological polar surface area (TPSA) is 146 Å². The van der Waals surface area contributed by atoms with Crippen molar-refractivity contribution in [3.63, 3.8) is 0 Å². The van der Waals surface area contributed by atoms with E-state index in [1.165, 1.54) is 23.8 Å². The summed E-state index contributed by atoms with van der Waals surface area (Å²) in [7, 11) is 1.31. The van der Waals surface area contributed by atoms with Crippen LogP contribution in [0.3, 0.4) is 0 Å². The predicted molar refractivity (Wildman–Crippen MR) is 221 cm³/mol. The number of likely N-dealkylation sites (tertiary alicyclic amines) is 2. The molecule has 3 aromatic carbocycles. The number of ether oxygens (including phenoxy) is 2. The van der Waals surface area contributed by atoms with E-state index in [1.807, 2.05) is 36.0 Å². The van der Waals surface area contributed by atoms with E-state index in [-0.39, 0.29) is 42.0 Å². The van der Waals surface area contributed by atoms with Gasteiger partial charge in [0.2, 0.25) is 11.8 Å². The number of alkyl carbamates (subject to hydrolysis) is 1. The van der Waals surface area contributed by atoms with Crippen LogP contribution in [-0.2, 0) is 19.1 Å². The van der Waals surface area contributed by atoms with Crippen LogP contribution in [0.4, 0.5) is 4.79 Å². The quantitative estimate of drug-likeness (QED) is 0.128. The number of carbonyl (C=O) groups excluding carboxylic acids is 3. The van der Waals surface area contributed by atoms with Gasteiger partial charge in [-0.25, -0.2) is 14.8 Å². The minimum atomic E-state index is -0.686. The molecule has 5 atom stereocenters. The number of fused-ring (bicyclic) bond motifs is 6.